The number of halogens is 1. The third-order valence-electron chi connectivity index (χ3n) is 4.10. The van der Waals surface area contributed by atoms with Gasteiger partial charge in [0.2, 0.25) is 0 Å². The summed E-state index contributed by atoms with van der Waals surface area (Å²) in [5.74, 6) is 1.10. The van der Waals surface area contributed by atoms with Crippen LogP contribution in [-0.4, -0.2) is 33.9 Å². The van der Waals surface area contributed by atoms with Gasteiger partial charge >= 0.3 is 0 Å². The van der Waals surface area contributed by atoms with Crippen LogP contribution in [0.15, 0.2) is 30.3 Å². The van der Waals surface area contributed by atoms with Crippen LogP contribution in [0.4, 0.5) is 15.9 Å². The summed E-state index contributed by atoms with van der Waals surface area (Å²) in [5.41, 5.74) is 0.952. The van der Waals surface area contributed by atoms with E-state index in [1.807, 2.05) is 4.90 Å². The number of carbonyl (C=O) groups excluding carboxylic acids is 1. The quantitative estimate of drug-likeness (QED) is 0.936. The lowest BCUT2D eigenvalue weighted by atomic mass is 10.00. The van der Waals surface area contributed by atoms with E-state index in [-0.39, 0.29) is 11.7 Å². The van der Waals surface area contributed by atoms with Gasteiger partial charge in [-0.05, 0) is 43.9 Å². The Morgan fingerprint density at radius 2 is 2.17 bits per heavy atom. The normalized spacial score (nSPS) is 17.6. The number of nitrogens with one attached hydrogen (secondary N) is 1. The second kappa shape index (κ2) is 6.95. The molecule has 126 valence electrons. The molecule has 0 bridgehead atoms. The average molecular weight is 328 g/mol. The lowest BCUT2D eigenvalue weighted by Crippen LogP contribution is -2.39. The third kappa shape index (κ3) is 3.88. The van der Waals surface area contributed by atoms with E-state index in [0.717, 1.165) is 25.9 Å². The maximum atomic E-state index is 13.3. The number of likely N-dealkylation sites (tertiary alicyclic amines) is 1. The van der Waals surface area contributed by atoms with Crippen molar-refractivity contribution in [1.29, 1.82) is 0 Å². The van der Waals surface area contributed by atoms with E-state index < -0.39 is 0 Å². The monoisotopic (exact) mass is 328 g/mol. The highest BCUT2D eigenvalue weighted by molar-refractivity contribution is 5.93. The number of nitrogens with zero attached hydrogens (tertiary/aromatic N) is 3. The second-order valence-corrected chi connectivity index (χ2v) is 6.32. The van der Waals surface area contributed by atoms with E-state index in [2.05, 4.69) is 22.2 Å². The Labute approximate surface area is 140 Å². The van der Waals surface area contributed by atoms with Crippen LogP contribution in [0, 0.1) is 18.7 Å². The predicted octanol–water partition coefficient (Wildman–Crippen LogP) is 3.54. The molecule has 2 heterocycles. The summed E-state index contributed by atoms with van der Waals surface area (Å²) in [6.07, 6.45) is 2.17. The van der Waals surface area contributed by atoms with Gasteiger partial charge in [-0.15, -0.1) is 0 Å². The molecule has 1 fully saturated rings. The summed E-state index contributed by atoms with van der Waals surface area (Å²) in [6, 6.07) is 7.74. The van der Waals surface area contributed by atoms with Crippen LogP contribution in [-0.2, 0) is 0 Å². The van der Waals surface area contributed by atoms with Gasteiger partial charge in [0, 0.05) is 24.8 Å². The highest BCUT2D eigenvalue weighted by Crippen LogP contribution is 2.20. The van der Waals surface area contributed by atoms with Gasteiger partial charge in [-0.3, -0.25) is 4.79 Å². The largest absolute Gasteiger partial charge is 0.340 e. The SMILES string of the molecule is Cc1nc(Nc2cccc(F)c2)cc(C(=O)N2CCCC(C)C2)n1. The van der Waals surface area contributed by atoms with Crippen LogP contribution in [0.1, 0.15) is 36.1 Å². The Morgan fingerprint density at radius 3 is 2.92 bits per heavy atom. The highest BCUT2D eigenvalue weighted by atomic mass is 19.1. The van der Waals surface area contributed by atoms with Crippen LogP contribution < -0.4 is 5.32 Å². The lowest BCUT2D eigenvalue weighted by Gasteiger charge is -2.30. The fourth-order valence-corrected chi connectivity index (χ4v) is 2.99. The maximum absolute atomic E-state index is 13.3. The van der Waals surface area contributed by atoms with Gasteiger partial charge in [-0.25, -0.2) is 14.4 Å². The predicted molar refractivity (Wildman–Crippen MR) is 90.8 cm³/mol. The summed E-state index contributed by atoms with van der Waals surface area (Å²) >= 11 is 0. The van der Waals surface area contributed by atoms with Crippen molar-refractivity contribution >= 4 is 17.4 Å². The van der Waals surface area contributed by atoms with Gasteiger partial charge in [0.25, 0.3) is 5.91 Å². The molecule has 2 aromatic rings. The molecule has 0 aliphatic carbocycles. The number of hydrogen-bond acceptors (Lipinski definition) is 4. The Kier molecular flexibility index (Phi) is 4.74. The first-order valence-corrected chi connectivity index (χ1v) is 8.19. The zero-order chi connectivity index (χ0) is 17.1. The molecule has 1 aliphatic heterocycles. The zero-order valence-electron chi connectivity index (χ0n) is 13.9. The number of piperidine rings is 1. The van der Waals surface area contributed by atoms with Crippen molar-refractivity contribution in [2.45, 2.75) is 26.7 Å². The van der Waals surface area contributed by atoms with Crippen LogP contribution in [0.5, 0.6) is 0 Å². The lowest BCUT2D eigenvalue weighted by molar-refractivity contribution is 0.0676. The van der Waals surface area contributed by atoms with Crippen LogP contribution in [0.2, 0.25) is 0 Å². The minimum absolute atomic E-state index is 0.0747. The van der Waals surface area contributed by atoms with Crippen molar-refractivity contribution in [3.63, 3.8) is 0 Å². The molecule has 0 radical (unpaired) electrons. The van der Waals surface area contributed by atoms with E-state index in [1.54, 1.807) is 25.1 Å². The zero-order valence-corrected chi connectivity index (χ0v) is 13.9. The number of aromatic nitrogens is 2. The molecule has 1 N–H and O–H groups in total. The van der Waals surface area contributed by atoms with Crippen molar-refractivity contribution in [2.75, 3.05) is 18.4 Å². The first kappa shape index (κ1) is 16.4. The van der Waals surface area contributed by atoms with E-state index in [1.165, 1.54) is 12.1 Å². The smallest absolute Gasteiger partial charge is 0.272 e. The molecule has 1 saturated heterocycles. The van der Waals surface area contributed by atoms with Gasteiger partial charge in [-0.2, -0.15) is 0 Å². The summed E-state index contributed by atoms with van der Waals surface area (Å²) < 4.78 is 13.3. The third-order valence-corrected chi connectivity index (χ3v) is 4.10. The Hall–Kier alpha value is -2.50. The number of anilines is 2. The standard InChI is InChI=1S/C18H21FN4O/c1-12-5-4-8-23(11-12)18(24)16-10-17(21-13(2)20-16)22-15-7-3-6-14(19)9-15/h3,6-7,9-10,12H,4-5,8,11H2,1-2H3,(H,20,21,22). The number of benzene rings is 1. The van der Waals surface area contributed by atoms with Gasteiger partial charge in [0.1, 0.15) is 23.2 Å². The first-order valence-electron chi connectivity index (χ1n) is 8.19. The van der Waals surface area contributed by atoms with Crippen molar-refractivity contribution < 1.29 is 9.18 Å². The second-order valence-electron chi connectivity index (χ2n) is 6.32. The number of aryl methyl sites for hydroxylation is 1. The number of carbonyl (C=O) groups is 1. The molecule has 24 heavy (non-hydrogen) atoms. The summed E-state index contributed by atoms with van der Waals surface area (Å²) in [5, 5.41) is 3.03. The Bertz CT molecular complexity index is 750. The molecular weight excluding hydrogens is 307 g/mol. The molecule has 6 heteroatoms. The Balaban J connectivity index is 1.82. The van der Waals surface area contributed by atoms with Gasteiger partial charge in [0.05, 0.1) is 0 Å². The number of amides is 1. The molecule has 1 aliphatic rings. The first-order chi connectivity index (χ1) is 11.5. The molecule has 0 spiro atoms. The molecule has 1 atom stereocenters. The van der Waals surface area contributed by atoms with Crippen LogP contribution in [0.3, 0.4) is 0 Å². The number of hydrogen-bond donors (Lipinski definition) is 1. The molecule has 1 aromatic heterocycles. The van der Waals surface area contributed by atoms with Crippen LogP contribution in [0.25, 0.3) is 0 Å². The Morgan fingerprint density at radius 1 is 1.33 bits per heavy atom. The number of rotatable bonds is 3. The molecule has 1 amide bonds. The van der Waals surface area contributed by atoms with Gasteiger partial charge in [0.15, 0.2) is 0 Å². The van der Waals surface area contributed by atoms with Crippen molar-refractivity contribution in [3.05, 3.63) is 47.7 Å². The van der Waals surface area contributed by atoms with Crippen molar-refractivity contribution in [3.8, 4) is 0 Å². The summed E-state index contributed by atoms with van der Waals surface area (Å²) in [7, 11) is 0. The molecule has 1 unspecified atom stereocenters. The minimum Gasteiger partial charge on any atom is -0.340 e. The van der Waals surface area contributed by atoms with Crippen LogP contribution >= 0.6 is 0 Å². The molecular formula is C18H21FN4O. The van der Waals surface area contributed by atoms with Gasteiger partial charge < -0.3 is 10.2 Å². The topological polar surface area (TPSA) is 58.1 Å². The van der Waals surface area contributed by atoms with E-state index in [4.69, 9.17) is 0 Å². The van der Waals surface area contributed by atoms with E-state index in [9.17, 15) is 9.18 Å². The van der Waals surface area contributed by atoms with Crippen molar-refractivity contribution in [2.24, 2.45) is 5.92 Å². The summed E-state index contributed by atoms with van der Waals surface area (Å²) in [6.45, 7) is 5.42. The molecule has 1 aromatic carbocycles. The highest BCUT2D eigenvalue weighted by Gasteiger charge is 2.23. The average Bonchev–Trinajstić information content (AvgIpc) is 2.53. The minimum atomic E-state index is -0.329. The maximum Gasteiger partial charge on any atom is 0.272 e. The molecule has 5 nitrogen and oxygen atoms in total. The van der Waals surface area contributed by atoms with Gasteiger partial charge in [-0.1, -0.05) is 13.0 Å². The fraction of sp³-hybridized carbons (Fsp3) is 0.389. The van der Waals surface area contributed by atoms with E-state index >= 15 is 0 Å². The van der Waals surface area contributed by atoms with E-state index in [0.29, 0.717) is 28.9 Å². The van der Waals surface area contributed by atoms with Crippen molar-refractivity contribution in [1.82, 2.24) is 14.9 Å². The summed E-state index contributed by atoms with van der Waals surface area (Å²) in [4.78, 5) is 23.1. The fourth-order valence-electron chi connectivity index (χ4n) is 2.99. The molecule has 3 rings (SSSR count). The molecule has 0 saturated carbocycles.